The summed E-state index contributed by atoms with van der Waals surface area (Å²) in [6.45, 7) is -0.237. The van der Waals surface area contributed by atoms with Crippen LogP contribution in [0.4, 0.5) is 4.39 Å². The first-order valence-corrected chi connectivity index (χ1v) is 11.8. The molecule has 188 valence electrons. The van der Waals surface area contributed by atoms with Crippen LogP contribution in [-0.2, 0) is 6.42 Å². The van der Waals surface area contributed by atoms with Crippen molar-refractivity contribution in [3.05, 3.63) is 89.9 Å². The van der Waals surface area contributed by atoms with Crippen molar-refractivity contribution in [1.29, 1.82) is 0 Å². The van der Waals surface area contributed by atoms with Crippen LogP contribution in [-0.4, -0.2) is 47.8 Å². The fourth-order valence-electron chi connectivity index (χ4n) is 4.48. The van der Waals surface area contributed by atoms with Crippen LogP contribution < -0.4 is 14.8 Å². The van der Waals surface area contributed by atoms with Crippen LogP contribution in [0.25, 0.3) is 33.1 Å². The van der Waals surface area contributed by atoms with Gasteiger partial charge in [0, 0.05) is 28.0 Å². The number of hydrogen-bond donors (Lipinski definition) is 3. The van der Waals surface area contributed by atoms with E-state index >= 15 is 0 Å². The first-order chi connectivity index (χ1) is 18.0. The number of carbonyl (C=O) groups excluding carboxylic acids is 1. The lowest BCUT2D eigenvalue weighted by molar-refractivity contribution is 0.0918. The number of para-hydroxylation sites is 1. The average Bonchev–Trinajstić information content (AvgIpc) is 3.34. The number of aliphatic hydroxyl groups is 1. The third-order valence-electron chi connectivity index (χ3n) is 6.40. The Labute approximate surface area is 212 Å². The number of methoxy groups -OCH3 is 2. The van der Waals surface area contributed by atoms with Gasteiger partial charge in [-0.2, -0.15) is 0 Å². The molecular weight excluding hydrogens is 473 g/mol. The molecule has 2 aromatic heterocycles. The SMILES string of the molecule is COc1ccc2nc(-c3ccc(F)c(OC)c3)cc(C(=O)NC(CO)Cc3c[nH]c4ccccc34)c2c1. The lowest BCUT2D eigenvalue weighted by atomic mass is 10.0. The predicted octanol–water partition coefficient (Wildman–Crippen LogP) is 4.87. The second-order valence-corrected chi connectivity index (χ2v) is 8.70. The van der Waals surface area contributed by atoms with Crippen LogP contribution in [0.15, 0.2) is 72.9 Å². The summed E-state index contributed by atoms with van der Waals surface area (Å²) in [6, 6.07) is 18.7. The normalized spacial score (nSPS) is 12.0. The van der Waals surface area contributed by atoms with Crippen molar-refractivity contribution in [2.24, 2.45) is 0 Å². The van der Waals surface area contributed by atoms with E-state index in [-0.39, 0.29) is 18.3 Å². The standard InChI is InChI=1S/C29H26FN3O4/c1-36-20-8-10-26-22(13-20)23(14-27(33-26)17-7-9-24(30)28(12-17)37-2)29(35)32-19(16-34)11-18-15-31-25-6-4-3-5-21(18)25/h3-10,12-15,19,31,34H,11,16H2,1-2H3,(H,32,35). The Kier molecular flexibility index (Phi) is 6.74. The van der Waals surface area contributed by atoms with Gasteiger partial charge in [0.25, 0.3) is 5.91 Å². The maximum absolute atomic E-state index is 14.0. The minimum atomic E-state index is -0.519. The Morgan fingerprint density at radius 2 is 1.89 bits per heavy atom. The zero-order valence-corrected chi connectivity index (χ0v) is 20.4. The minimum absolute atomic E-state index is 0.0826. The Morgan fingerprint density at radius 1 is 1.05 bits per heavy atom. The van der Waals surface area contributed by atoms with E-state index in [1.807, 2.05) is 30.5 Å². The number of halogens is 1. The second kappa shape index (κ2) is 10.3. The van der Waals surface area contributed by atoms with Crippen molar-refractivity contribution in [1.82, 2.24) is 15.3 Å². The number of ether oxygens (including phenoxy) is 2. The van der Waals surface area contributed by atoms with Crippen LogP contribution in [0.5, 0.6) is 11.5 Å². The van der Waals surface area contributed by atoms with Crippen LogP contribution in [0, 0.1) is 5.82 Å². The Morgan fingerprint density at radius 3 is 2.68 bits per heavy atom. The first kappa shape index (κ1) is 24.3. The molecule has 0 fully saturated rings. The average molecular weight is 500 g/mol. The largest absolute Gasteiger partial charge is 0.497 e. The Bertz CT molecular complexity index is 1600. The fraction of sp³-hybridized carbons (Fsp3) is 0.172. The molecule has 0 saturated carbocycles. The van der Waals surface area contributed by atoms with Gasteiger partial charge in [-0.1, -0.05) is 18.2 Å². The van der Waals surface area contributed by atoms with Gasteiger partial charge in [-0.05, 0) is 60.5 Å². The summed E-state index contributed by atoms with van der Waals surface area (Å²) < 4.78 is 24.5. The molecular formula is C29H26FN3O4. The number of aromatic nitrogens is 2. The number of pyridine rings is 1. The number of rotatable bonds is 8. The highest BCUT2D eigenvalue weighted by molar-refractivity contribution is 6.07. The monoisotopic (exact) mass is 499 g/mol. The van der Waals surface area contributed by atoms with E-state index in [1.54, 1.807) is 43.5 Å². The summed E-state index contributed by atoms with van der Waals surface area (Å²) in [5.74, 6) is -0.191. The van der Waals surface area contributed by atoms with Crippen molar-refractivity contribution < 1.29 is 23.8 Å². The van der Waals surface area contributed by atoms with Crippen molar-refractivity contribution in [2.45, 2.75) is 12.5 Å². The summed E-state index contributed by atoms with van der Waals surface area (Å²) in [6.07, 6.45) is 2.34. The molecule has 1 unspecified atom stereocenters. The lowest BCUT2D eigenvalue weighted by Gasteiger charge is -2.18. The van der Waals surface area contributed by atoms with Gasteiger partial charge in [0.1, 0.15) is 5.75 Å². The molecule has 3 N–H and O–H groups in total. The van der Waals surface area contributed by atoms with Gasteiger partial charge in [0.15, 0.2) is 11.6 Å². The zero-order valence-electron chi connectivity index (χ0n) is 20.4. The van der Waals surface area contributed by atoms with Gasteiger partial charge >= 0.3 is 0 Å². The molecule has 0 radical (unpaired) electrons. The first-order valence-electron chi connectivity index (χ1n) is 11.8. The van der Waals surface area contributed by atoms with Crippen LogP contribution in [0.1, 0.15) is 15.9 Å². The third-order valence-corrected chi connectivity index (χ3v) is 6.40. The zero-order chi connectivity index (χ0) is 25.9. The highest BCUT2D eigenvalue weighted by Crippen LogP contribution is 2.30. The van der Waals surface area contributed by atoms with E-state index in [4.69, 9.17) is 14.5 Å². The van der Waals surface area contributed by atoms with Crippen molar-refractivity contribution in [3.8, 4) is 22.8 Å². The molecule has 37 heavy (non-hydrogen) atoms. The number of carbonyl (C=O) groups is 1. The van der Waals surface area contributed by atoms with Crippen molar-refractivity contribution in [2.75, 3.05) is 20.8 Å². The highest BCUT2D eigenvalue weighted by Gasteiger charge is 2.20. The number of amides is 1. The van der Waals surface area contributed by atoms with Gasteiger partial charge in [-0.25, -0.2) is 9.37 Å². The predicted molar refractivity (Wildman–Crippen MR) is 141 cm³/mol. The molecule has 0 aliphatic carbocycles. The van der Waals surface area contributed by atoms with E-state index in [9.17, 15) is 14.3 Å². The minimum Gasteiger partial charge on any atom is -0.497 e. The number of aromatic amines is 1. The summed E-state index contributed by atoms with van der Waals surface area (Å²) in [5, 5.41) is 14.7. The number of aliphatic hydroxyl groups excluding tert-OH is 1. The van der Waals surface area contributed by atoms with Crippen LogP contribution in [0.3, 0.4) is 0 Å². The van der Waals surface area contributed by atoms with E-state index in [0.29, 0.717) is 39.9 Å². The summed E-state index contributed by atoms with van der Waals surface area (Å²) in [5.41, 5.74) is 4.01. The van der Waals surface area contributed by atoms with E-state index < -0.39 is 11.9 Å². The van der Waals surface area contributed by atoms with E-state index in [1.165, 1.54) is 13.2 Å². The molecule has 0 aliphatic heterocycles. The number of benzene rings is 3. The van der Waals surface area contributed by atoms with Crippen molar-refractivity contribution in [3.63, 3.8) is 0 Å². The number of nitrogens with one attached hydrogen (secondary N) is 2. The highest BCUT2D eigenvalue weighted by atomic mass is 19.1. The molecule has 1 atom stereocenters. The molecule has 8 heteroatoms. The van der Waals surface area contributed by atoms with E-state index in [0.717, 1.165) is 16.5 Å². The summed E-state index contributed by atoms with van der Waals surface area (Å²) >= 11 is 0. The summed E-state index contributed by atoms with van der Waals surface area (Å²) in [7, 11) is 2.94. The number of hydrogen-bond acceptors (Lipinski definition) is 5. The fourth-order valence-corrected chi connectivity index (χ4v) is 4.48. The molecule has 0 spiro atoms. The quantitative estimate of drug-likeness (QED) is 0.283. The van der Waals surface area contributed by atoms with Crippen molar-refractivity contribution >= 4 is 27.7 Å². The number of nitrogens with zero attached hydrogens (tertiary/aromatic N) is 1. The second-order valence-electron chi connectivity index (χ2n) is 8.70. The number of H-pyrrole nitrogens is 1. The molecule has 0 saturated heterocycles. The molecule has 2 heterocycles. The smallest absolute Gasteiger partial charge is 0.252 e. The van der Waals surface area contributed by atoms with E-state index in [2.05, 4.69) is 10.3 Å². The maximum Gasteiger partial charge on any atom is 0.252 e. The van der Waals surface area contributed by atoms with Crippen LogP contribution in [0.2, 0.25) is 0 Å². The molecule has 5 aromatic rings. The van der Waals surface area contributed by atoms with Gasteiger partial charge in [-0.3, -0.25) is 4.79 Å². The Hall–Kier alpha value is -4.43. The van der Waals surface area contributed by atoms with Gasteiger partial charge < -0.3 is 24.9 Å². The van der Waals surface area contributed by atoms with Gasteiger partial charge in [0.05, 0.1) is 43.6 Å². The molecule has 3 aromatic carbocycles. The van der Waals surface area contributed by atoms with Gasteiger partial charge in [-0.15, -0.1) is 0 Å². The summed E-state index contributed by atoms with van der Waals surface area (Å²) in [4.78, 5) is 21.5. The third kappa shape index (κ3) is 4.83. The maximum atomic E-state index is 14.0. The lowest BCUT2D eigenvalue weighted by Crippen LogP contribution is -2.39. The van der Waals surface area contributed by atoms with Gasteiger partial charge in [0.2, 0.25) is 0 Å². The Balaban J connectivity index is 1.52. The molecule has 0 aliphatic rings. The van der Waals surface area contributed by atoms with Crippen LogP contribution >= 0.6 is 0 Å². The number of fused-ring (bicyclic) bond motifs is 2. The molecule has 5 rings (SSSR count). The molecule has 0 bridgehead atoms. The molecule has 7 nitrogen and oxygen atoms in total. The molecule has 1 amide bonds. The topological polar surface area (TPSA) is 96.5 Å².